The molecule has 0 bridgehead atoms. The lowest BCUT2D eigenvalue weighted by molar-refractivity contribution is 0.0850. The molecule has 0 radical (unpaired) electrons. The molecule has 0 spiro atoms. The topological polar surface area (TPSA) is 42.0 Å². The summed E-state index contributed by atoms with van der Waals surface area (Å²) in [4.78, 5) is 16.1. The molecule has 16 heavy (non-hydrogen) atoms. The minimum Gasteiger partial charge on any atom is -0.344 e. The fourth-order valence-electron chi connectivity index (χ4n) is 1.75. The van der Waals surface area contributed by atoms with Crippen LogP contribution in [0.5, 0.6) is 0 Å². The van der Waals surface area contributed by atoms with Crippen LogP contribution in [0.1, 0.15) is 29.8 Å². The van der Waals surface area contributed by atoms with E-state index in [4.69, 9.17) is 0 Å². The average molecular weight is 348 g/mol. The number of nitrogens with one attached hydrogen (secondary N) is 1. The molecule has 3 nitrogen and oxygen atoms in total. The zero-order valence-corrected chi connectivity index (χ0v) is 11.8. The number of carbonyl (C=O) groups excluding carboxylic acids is 1. The van der Waals surface area contributed by atoms with E-state index in [1.54, 1.807) is 12.3 Å². The number of alkyl halides is 1. The van der Waals surface area contributed by atoms with Gasteiger partial charge < -0.3 is 5.32 Å². The van der Waals surface area contributed by atoms with Crippen molar-refractivity contribution in [2.75, 3.05) is 5.33 Å². The van der Waals surface area contributed by atoms with Gasteiger partial charge in [0.1, 0.15) is 5.69 Å². The van der Waals surface area contributed by atoms with Crippen molar-refractivity contribution in [2.45, 2.75) is 24.8 Å². The molecule has 1 amide bonds. The van der Waals surface area contributed by atoms with Crippen molar-refractivity contribution in [3.8, 4) is 0 Å². The van der Waals surface area contributed by atoms with Gasteiger partial charge in [-0.1, -0.05) is 15.9 Å². The summed E-state index contributed by atoms with van der Waals surface area (Å²) in [6.45, 7) is 0. The lowest BCUT2D eigenvalue weighted by Crippen LogP contribution is -2.55. The molecule has 0 unspecified atom stereocenters. The molecule has 1 aliphatic rings. The van der Waals surface area contributed by atoms with Crippen LogP contribution >= 0.6 is 31.9 Å². The average Bonchev–Trinajstić information content (AvgIpc) is 2.24. The number of hydrogen-bond acceptors (Lipinski definition) is 2. The summed E-state index contributed by atoms with van der Waals surface area (Å²) in [6, 6.07) is 3.62. The van der Waals surface area contributed by atoms with E-state index < -0.39 is 0 Å². The molecular weight excluding hydrogens is 336 g/mol. The SMILES string of the molecule is O=C(NC1(CBr)CCC1)c1ncccc1Br. The Bertz CT molecular complexity index is 399. The van der Waals surface area contributed by atoms with Gasteiger partial charge in [0, 0.05) is 16.0 Å². The molecule has 0 saturated heterocycles. The van der Waals surface area contributed by atoms with Gasteiger partial charge in [-0.2, -0.15) is 0 Å². The van der Waals surface area contributed by atoms with Gasteiger partial charge in [0.15, 0.2) is 0 Å². The van der Waals surface area contributed by atoms with Gasteiger partial charge in [-0.25, -0.2) is 4.98 Å². The van der Waals surface area contributed by atoms with Gasteiger partial charge in [-0.15, -0.1) is 0 Å². The monoisotopic (exact) mass is 346 g/mol. The van der Waals surface area contributed by atoms with Crippen LogP contribution in [0.2, 0.25) is 0 Å². The van der Waals surface area contributed by atoms with Crippen molar-refractivity contribution >= 4 is 37.8 Å². The second kappa shape index (κ2) is 4.84. The third-order valence-electron chi connectivity index (χ3n) is 2.92. The van der Waals surface area contributed by atoms with E-state index in [2.05, 4.69) is 42.2 Å². The quantitative estimate of drug-likeness (QED) is 0.854. The summed E-state index contributed by atoms with van der Waals surface area (Å²) in [7, 11) is 0. The molecule has 5 heteroatoms. The lowest BCUT2D eigenvalue weighted by atomic mass is 9.78. The van der Waals surface area contributed by atoms with E-state index in [0.717, 1.165) is 22.6 Å². The number of nitrogens with zero attached hydrogens (tertiary/aromatic N) is 1. The van der Waals surface area contributed by atoms with E-state index in [0.29, 0.717) is 5.69 Å². The molecule has 1 heterocycles. The molecule has 0 aliphatic heterocycles. The van der Waals surface area contributed by atoms with Crippen LogP contribution in [0, 0.1) is 0 Å². The molecule has 86 valence electrons. The first-order valence-electron chi connectivity index (χ1n) is 5.16. The smallest absolute Gasteiger partial charge is 0.271 e. The third-order valence-corrected chi connectivity index (χ3v) is 4.63. The zero-order chi connectivity index (χ0) is 11.6. The number of pyridine rings is 1. The van der Waals surface area contributed by atoms with Crippen molar-refractivity contribution in [1.29, 1.82) is 0 Å². The largest absolute Gasteiger partial charge is 0.344 e. The van der Waals surface area contributed by atoms with E-state index in [-0.39, 0.29) is 11.4 Å². The summed E-state index contributed by atoms with van der Waals surface area (Å²) in [5.41, 5.74) is 0.392. The fraction of sp³-hybridized carbons (Fsp3) is 0.455. The van der Waals surface area contributed by atoms with Crippen LogP contribution in [0.15, 0.2) is 22.8 Å². The molecule has 0 atom stereocenters. The highest BCUT2D eigenvalue weighted by Crippen LogP contribution is 2.33. The minimum atomic E-state index is -0.105. The van der Waals surface area contributed by atoms with E-state index in [1.807, 2.05) is 6.07 Å². The number of halogens is 2. The first kappa shape index (κ1) is 12.0. The van der Waals surface area contributed by atoms with Crippen LogP contribution in [-0.4, -0.2) is 21.8 Å². The number of rotatable bonds is 3. The Labute approximate surface area is 111 Å². The Morgan fingerprint density at radius 3 is 2.81 bits per heavy atom. The van der Waals surface area contributed by atoms with Crippen LogP contribution in [0.4, 0.5) is 0 Å². The first-order valence-corrected chi connectivity index (χ1v) is 7.07. The number of amides is 1. The maximum absolute atomic E-state index is 12.0. The molecular formula is C11H12Br2N2O. The Balaban J connectivity index is 2.11. The van der Waals surface area contributed by atoms with Gasteiger partial charge in [-0.3, -0.25) is 4.79 Å². The summed E-state index contributed by atoms with van der Waals surface area (Å²) in [5.74, 6) is -0.105. The van der Waals surface area contributed by atoms with Gasteiger partial charge in [0.2, 0.25) is 0 Å². The van der Waals surface area contributed by atoms with Crippen LogP contribution in [-0.2, 0) is 0 Å². The molecule has 0 aromatic carbocycles. The van der Waals surface area contributed by atoms with Crippen molar-refractivity contribution in [3.05, 3.63) is 28.5 Å². The van der Waals surface area contributed by atoms with Crippen molar-refractivity contribution in [3.63, 3.8) is 0 Å². The second-order valence-electron chi connectivity index (χ2n) is 4.06. The lowest BCUT2D eigenvalue weighted by Gasteiger charge is -2.41. The third kappa shape index (κ3) is 2.30. The molecule has 1 aromatic heterocycles. The first-order chi connectivity index (χ1) is 7.67. The Hall–Kier alpha value is -0.420. The van der Waals surface area contributed by atoms with Crippen molar-refractivity contribution < 1.29 is 4.79 Å². The maximum atomic E-state index is 12.0. The van der Waals surface area contributed by atoms with Gasteiger partial charge in [-0.05, 0) is 47.3 Å². The highest BCUT2D eigenvalue weighted by atomic mass is 79.9. The summed E-state index contributed by atoms with van der Waals surface area (Å²) < 4.78 is 0.733. The number of hydrogen-bond donors (Lipinski definition) is 1. The van der Waals surface area contributed by atoms with E-state index in [1.165, 1.54) is 6.42 Å². The molecule has 1 fully saturated rings. The standard InChI is InChI=1S/C11H12Br2N2O/c12-7-11(4-2-5-11)15-10(16)9-8(13)3-1-6-14-9/h1,3,6H,2,4-5,7H2,(H,15,16). The van der Waals surface area contributed by atoms with Gasteiger partial charge in [0.05, 0.1) is 5.54 Å². The highest BCUT2D eigenvalue weighted by Gasteiger charge is 2.37. The van der Waals surface area contributed by atoms with Crippen molar-refractivity contribution in [1.82, 2.24) is 10.3 Å². The Kier molecular flexibility index (Phi) is 3.64. The molecule has 1 aliphatic carbocycles. The summed E-state index contributed by atoms with van der Waals surface area (Å²) in [6.07, 6.45) is 4.87. The van der Waals surface area contributed by atoms with Crippen molar-refractivity contribution in [2.24, 2.45) is 0 Å². The van der Waals surface area contributed by atoms with Crippen LogP contribution < -0.4 is 5.32 Å². The second-order valence-corrected chi connectivity index (χ2v) is 5.47. The van der Waals surface area contributed by atoms with Crippen LogP contribution in [0.25, 0.3) is 0 Å². The predicted octanol–water partition coefficient (Wildman–Crippen LogP) is 2.89. The zero-order valence-electron chi connectivity index (χ0n) is 8.67. The molecule has 2 rings (SSSR count). The predicted molar refractivity (Wildman–Crippen MR) is 69.8 cm³/mol. The Morgan fingerprint density at radius 2 is 2.31 bits per heavy atom. The minimum absolute atomic E-state index is 0.0615. The molecule has 1 aromatic rings. The Morgan fingerprint density at radius 1 is 1.56 bits per heavy atom. The maximum Gasteiger partial charge on any atom is 0.271 e. The normalized spacial score (nSPS) is 17.6. The molecule has 1 N–H and O–H groups in total. The number of carbonyl (C=O) groups is 1. The highest BCUT2D eigenvalue weighted by molar-refractivity contribution is 9.10. The number of aromatic nitrogens is 1. The summed E-state index contributed by atoms with van der Waals surface area (Å²) >= 11 is 6.79. The molecule has 1 saturated carbocycles. The van der Waals surface area contributed by atoms with Crippen LogP contribution in [0.3, 0.4) is 0 Å². The van der Waals surface area contributed by atoms with E-state index in [9.17, 15) is 4.79 Å². The van der Waals surface area contributed by atoms with Gasteiger partial charge >= 0.3 is 0 Å². The fourth-order valence-corrected chi connectivity index (χ4v) is 2.88. The summed E-state index contributed by atoms with van der Waals surface area (Å²) in [5, 5.41) is 3.86. The van der Waals surface area contributed by atoms with E-state index >= 15 is 0 Å². The van der Waals surface area contributed by atoms with Gasteiger partial charge in [0.25, 0.3) is 5.91 Å².